The first kappa shape index (κ1) is 26.6. The van der Waals surface area contributed by atoms with Crippen LogP contribution >= 0.6 is 11.3 Å². The highest BCUT2D eigenvalue weighted by Crippen LogP contribution is 2.37. The Morgan fingerprint density at radius 3 is 2.68 bits per heavy atom. The van der Waals surface area contributed by atoms with Crippen molar-refractivity contribution in [2.75, 3.05) is 43.0 Å². The van der Waals surface area contributed by atoms with E-state index in [9.17, 15) is 18.0 Å². The van der Waals surface area contributed by atoms with Crippen molar-refractivity contribution in [2.45, 2.75) is 65.2 Å². The molecule has 1 saturated heterocycles. The Kier molecular flexibility index (Phi) is 7.47. The lowest BCUT2D eigenvalue weighted by Crippen LogP contribution is -2.37. The molecule has 0 aliphatic carbocycles. The van der Waals surface area contributed by atoms with Crippen molar-refractivity contribution < 1.29 is 18.0 Å². The highest BCUT2D eigenvalue weighted by Gasteiger charge is 2.40. The van der Waals surface area contributed by atoms with Gasteiger partial charge in [-0.3, -0.25) is 4.79 Å². The molecule has 0 unspecified atom stereocenters. The smallest absolute Gasteiger partial charge is 0.347 e. The molecule has 5 heterocycles. The van der Waals surface area contributed by atoms with Crippen LogP contribution in [0.1, 0.15) is 56.1 Å². The third-order valence-corrected chi connectivity index (χ3v) is 8.35. The molecule has 5 rings (SSSR count). The fraction of sp³-hybridized carbons (Fsp3) is 0.640. The topological polar surface area (TPSA) is 83.3 Å². The molecule has 38 heavy (non-hydrogen) atoms. The number of thiophene rings is 1. The molecule has 0 aromatic carbocycles. The fourth-order valence-electron chi connectivity index (χ4n) is 5.21. The van der Waals surface area contributed by atoms with Crippen molar-refractivity contribution in [1.82, 2.24) is 29.6 Å². The second-order valence-corrected chi connectivity index (χ2v) is 11.2. The second kappa shape index (κ2) is 10.7. The summed E-state index contributed by atoms with van der Waals surface area (Å²) in [7, 11) is 1.86. The van der Waals surface area contributed by atoms with E-state index in [-0.39, 0.29) is 30.7 Å². The zero-order chi connectivity index (χ0) is 27.0. The summed E-state index contributed by atoms with van der Waals surface area (Å²) < 4.78 is 41.2. The van der Waals surface area contributed by atoms with Crippen LogP contribution < -0.4 is 9.80 Å². The molecule has 3 aromatic rings. The summed E-state index contributed by atoms with van der Waals surface area (Å²) in [5.41, 5.74) is 0. The number of unbranched alkanes of at least 4 members (excludes halogenated alkanes) is 1. The summed E-state index contributed by atoms with van der Waals surface area (Å²) in [4.78, 5) is 30.7. The van der Waals surface area contributed by atoms with E-state index in [1.54, 1.807) is 11.3 Å². The maximum atomic E-state index is 13.3. The lowest BCUT2D eigenvalue weighted by Gasteiger charge is -2.30. The number of hydrogen-bond donors (Lipinski definition) is 0. The average Bonchev–Trinajstić information content (AvgIpc) is 3.63. The van der Waals surface area contributed by atoms with Crippen LogP contribution in [-0.2, 0) is 30.5 Å². The average molecular weight is 551 g/mol. The number of alkyl halides is 3. The summed E-state index contributed by atoms with van der Waals surface area (Å²) in [5.74, 6) is 0.613. The molecule has 206 valence electrons. The zero-order valence-corrected chi connectivity index (χ0v) is 22.8. The summed E-state index contributed by atoms with van der Waals surface area (Å²) in [6, 6.07) is 2.10. The number of hydrogen-bond acceptors (Lipinski definition) is 8. The zero-order valence-electron chi connectivity index (χ0n) is 22.0. The van der Waals surface area contributed by atoms with Gasteiger partial charge in [-0.05, 0) is 25.3 Å². The van der Waals surface area contributed by atoms with Gasteiger partial charge in [0.1, 0.15) is 10.6 Å². The Labute approximate surface area is 223 Å². The molecule has 0 radical (unpaired) electrons. The number of carbonyl (C=O) groups is 1. The minimum absolute atomic E-state index is 0.104. The second-order valence-electron chi connectivity index (χ2n) is 10.1. The summed E-state index contributed by atoms with van der Waals surface area (Å²) in [6.07, 6.45) is 0.134. The molecule has 0 bridgehead atoms. The minimum atomic E-state index is -4.54. The van der Waals surface area contributed by atoms with Gasteiger partial charge in [0.2, 0.25) is 17.7 Å². The van der Waals surface area contributed by atoms with E-state index in [1.807, 2.05) is 16.8 Å². The lowest BCUT2D eigenvalue weighted by atomic mass is 10.1. The number of anilines is 2. The number of halogens is 3. The van der Waals surface area contributed by atoms with Crippen LogP contribution in [0.2, 0.25) is 0 Å². The first-order valence-corrected chi connectivity index (χ1v) is 14.1. The number of rotatable bonds is 8. The van der Waals surface area contributed by atoms with Crippen molar-refractivity contribution in [3.63, 3.8) is 0 Å². The quantitative estimate of drug-likeness (QED) is 0.412. The van der Waals surface area contributed by atoms with Gasteiger partial charge >= 0.3 is 6.18 Å². The van der Waals surface area contributed by atoms with E-state index in [4.69, 9.17) is 9.97 Å². The Hall–Kier alpha value is -2.96. The van der Waals surface area contributed by atoms with Gasteiger partial charge in [0.25, 0.3) is 0 Å². The normalized spacial score (nSPS) is 17.9. The summed E-state index contributed by atoms with van der Waals surface area (Å²) >= 11 is 1.63. The predicted molar refractivity (Wildman–Crippen MR) is 140 cm³/mol. The van der Waals surface area contributed by atoms with Crippen LogP contribution in [-0.4, -0.2) is 68.8 Å². The first-order chi connectivity index (χ1) is 18.2. The number of amides is 1. The van der Waals surface area contributed by atoms with Gasteiger partial charge in [0.15, 0.2) is 5.82 Å². The van der Waals surface area contributed by atoms with E-state index in [1.165, 1.54) is 4.88 Å². The molecule has 0 saturated carbocycles. The SMILES string of the molecule is CCCCN(C)C(=O)[C@H]1CCN(c2nc(N3CCn4c(nnc4C(F)(F)F)C3)c3cc(CCC)sc3n2)C1. The highest BCUT2D eigenvalue weighted by molar-refractivity contribution is 7.18. The largest absolute Gasteiger partial charge is 0.451 e. The highest BCUT2D eigenvalue weighted by atomic mass is 32.1. The molecule has 2 aliphatic heterocycles. The maximum Gasteiger partial charge on any atom is 0.451 e. The van der Waals surface area contributed by atoms with Gasteiger partial charge in [-0.1, -0.05) is 26.7 Å². The van der Waals surface area contributed by atoms with E-state index >= 15 is 0 Å². The summed E-state index contributed by atoms with van der Waals surface area (Å²) in [6.45, 7) is 6.86. The molecule has 2 aliphatic rings. The van der Waals surface area contributed by atoms with Crippen molar-refractivity contribution in [3.8, 4) is 0 Å². The van der Waals surface area contributed by atoms with E-state index in [0.717, 1.165) is 53.4 Å². The minimum Gasteiger partial charge on any atom is -0.347 e. The number of nitrogens with zero attached hydrogens (tertiary/aromatic N) is 8. The number of fused-ring (bicyclic) bond motifs is 2. The molecule has 1 amide bonds. The number of aromatic nitrogens is 5. The monoisotopic (exact) mass is 550 g/mol. The van der Waals surface area contributed by atoms with Gasteiger partial charge in [-0.15, -0.1) is 21.5 Å². The van der Waals surface area contributed by atoms with Crippen molar-refractivity contribution in [1.29, 1.82) is 0 Å². The van der Waals surface area contributed by atoms with E-state index < -0.39 is 12.0 Å². The third-order valence-electron chi connectivity index (χ3n) is 7.26. The van der Waals surface area contributed by atoms with Crippen LogP contribution in [0.5, 0.6) is 0 Å². The molecule has 0 spiro atoms. The molecule has 3 aromatic heterocycles. The Morgan fingerprint density at radius 1 is 1.13 bits per heavy atom. The Balaban J connectivity index is 1.43. The molecule has 13 heteroatoms. The van der Waals surface area contributed by atoms with Gasteiger partial charge in [0.05, 0.1) is 17.8 Å². The summed E-state index contributed by atoms with van der Waals surface area (Å²) in [5, 5.41) is 8.15. The van der Waals surface area contributed by atoms with Crippen molar-refractivity contribution in [3.05, 3.63) is 22.6 Å². The molecule has 0 N–H and O–H groups in total. The molecule has 1 fully saturated rings. The van der Waals surface area contributed by atoms with Crippen LogP contribution in [0.25, 0.3) is 10.2 Å². The first-order valence-electron chi connectivity index (χ1n) is 13.2. The molecule has 1 atom stereocenters. The van der Waals surface area contributed by atoms with Gasteiger partial charge in [-0.2, -0.15) is 18.2 Å². The van der Waals surface area contributed by atoms with Gasteiger partial charge < -0.3 is 19.3 Å². The van der Waals surface area contributed by atoms with Crippen LogP contribution in [0.15, 0.2) is 6.07 Å². The van der Waals surface area contributed by atoms with Crippen LogP contribution in [0, 0.1) is 5.92 Å². The Morgan fingerprint density at radius 2 is 1.95 bits per heavy atom. The fourth-order valence-corrected chi connectivity index (χ4v) is 6.33. The lowest BCUT2D eigenvalue weighted by molar-refractivity contribution is -0.147. The van der Waals surface area contributed by atoms with Gasteiger partial charge in [-0.25, -0.2) is 4.98 Å². The van der Waals surface area contributed by atoms with Gasteiger partial charge in [0, 0.05) is 44.6 Å². The molecular formula is C25H33F3N8OS. The van der Waals surface area contributed by atoms with Crippen molar-refractivity contribution in [2.24, 2.45) is 5.92 Å². The predicted octanol–water partition coefficient (Wildman–Crippen LogP) is 4.36. The van der Waals surface area contributed by atoms with Crippen LogP contribution in [0.4, 0.5) is 24.9 Å². The number of aryl methyl sites for hydroxylation is 1. The van der Waals surface area contributed by atoms with Crippen LogP contribution in [0.3, 0.4) is 0 Å². The van der Waals surface area contributed by atoms with Crippen molar-refractivity contribution >= 4 is 39.2 Å². The number of carbonyl (C=O) groups excluding carboxylic acids is 1. The van der Waals surface area contributed by atoms with E-state index in [0.29, 0.717) is 31.4 Å². The molecule has 9 nitrogen and oxygen atoms in total. The van der Waals surface area contributed by atoms with E-state index in [2.05, 4.69) is 35.0 Å². The third kappa shape index (κ3) is 5.16. The Bertz CT molecular complexity index is 1310. The maximum absolute atomic E-state index is 13.3. The molecular weight excluding hydrogens is 517 g/mol. The standard InChI is InChI=1S/C25H33F3N8OS/c1-4-6-9-33(3)22(37)16-8-10-35(14-16)24-29-20(18-13-17(7-5-2)38-21(18)30-24)34-11-12-36-19(15-34)31-32-23(36)25(26,27)28/h13,16H,4-12,14-15H2,1-3H3/t16-/m0/s1.